The Hall–Kier alpha value is 1.53. The molecule has 0 aliphatic heterocycles. The second kappa shape index (κ2) is 4.90. The van der Waals surface area contributed by atoms with Gasteiger partial charge in [0.25, 0.3) is 0 Å². The number of hydrogen-bond donors (Lipinski definition) is 0. The lowest BCUT2D eigenvalue weighted by Gasteiger charge is -2.47. The smallest absolute Gasteiger partial charge is 0.169 e. The number of halogens is 9. The Balaban J connectivity index is 3.18. The molecule has 0 radical (unpaired) electrons. The highest BCUT2D eigenvalue weighted by Crippen LogP contribution is 2.54. The zero-order valence-corrected chi connectivity index (χ0v) is 11.8. The fourth-order valence-corrected chi connectivity index (χ4v) is 3.95. The Morgan fingerprint density at radius 1 is 0.750 bits per heavy atom. The first kappa shape index (κ1) is 15.6. The second-order valence-electron chi connectivity index (χ2n) is 3.40. The minimum Gasteiger partial charge on any atom is -0.169 e. The van der Waals surface area contributed by atoms with Crippen molar-refractivity contribution in [2.24, 2.45) is 0 Å². The lowest BCUT2D eigenvalue weighted by Crippen LogP contribution is -2.66. The molecule has 0 aromatic rings. The molecule has 1 fully saturated rings. The summed E-state index contributed by atoms with van der Waals surface area (Å²) < 4.78 is 38.5. The molecule has 1 aliphatic rings. The van der Waals surface area contributed by atoms with Gasteiger partial charge in [-0.1, -0.05) is 0 Å². The first-order chi connectivity index (χ1) is 7.05. The largest absolute Gasteiger partial charge is 0.410 e. The van der Waals surface area contributed by atoms with Gasteiger partial charge in [-0.2, -0.15) is 13.2 Å². The molecule has 0 nitrogen and oxygen atoms in total. The van der Waals surface area contributed by atoms with E-state index in [1.807, 2.05) is 0 Å². The molecule has 1 rings (SSSR count). The molecule has 0 saturated heterocycles. The quantitative estimate of drug-likeness (QED) is 0.556. The Bertz CT molecular complexity index is 253. The van der Waals surface area contributed by atoms with Crippen LogP contribution in [-0.2, 0) is 0 Å². The van der Waals surface area contributed by atoms with E-state index in [-0.39, 0.29) is 0 Å². The SMILES string of the molecule is FC(F)(F)C1(Cl)C(Cl)C(Cl)C(Cl)C(Cl)C1Cl. The molecular weight excluding hydrogens is 354 g/mol. The molecule has 1 aliphatic carbocycles. The van der Waals surface area contributed by atoms with E-state index in [9.17, 15) is 13.2 Å². The van der Waals surface area contributed by atoms with E-state index >= 15 is 0 Å². The third-order valence-electron chi connectivity index (χ3n) is 2.40. The fraction of sp³-hybridized carbons (Fsp3) is 1.00. The van der Waals surface area contributed by atoms with E-state index in [0.717, 1.165) is 0 Å². The van der Waals surface area contributed by atoms with E-state index in [0.29, 0.717) is 0 Å². The molecule has 0 bridgehead atoms. The third-order valence-corrected chi connectivity index (χ3v) is 6.65. The van der Waals surface area contributed by atoms with E-state index < -0.39 is 37.9 Å². The van der Waals surface area contributed by atoms with Crippen LogP contribution < -0.4 is 0 Å². The molecule has 1 saturated carbocycles. The summed E-state index contributed by atoms with van der Waals surface area (Å²) in [5.41, 5.74) is 0. The van der Waals surface area contributed by atoms with Gasteiger partial charge in [0.15, 0.2) is 4.87 Å². The van der Waals surface area contributed by atoms with Crippen molar-refractivity contribution < 1.29 is 13.2 Å². The molecule has 0 N–H and O–H groups in total. The Morgan fingerprint density at radius 3 is 1.31 bits per heavy atom. The predicted octanol–water partition coefficient (Wildman–Crippen LogP) is 4.58. The summed E-state index contributed by atoms with van der Waals surface area (Å²) in [6.45, 7) is 0. The van der Waals surface area contributed by atoms with E-state index in [4.69, 9.17) is 69.6 Å². The van der Waals surface area contributed by atoms with E-state index in [1.165, 1.54) is 0 Å². The van der Waals surface area contributed by atoms with Crippen LogP contribution in [0.2, 0.25) is 0 Å². The van der Waals surface area contributed by atoms with Crippen LogP contribution in [0.3, 0.4) is 0 Å². The van der Waals surface area contributed by atoms with Crippen molar-refractivity contribution in [1.82, 2.24) is 0 Å². The predicted molar refractivity (Wildman–Crippen MR) is 62.8 cm³/mol. The lowest BCUT2D eigenvalue weighted by atomic mass is 9.85. The van der Waals surface area contributed by atoms with Crippen LogP contribution in [0.1, 0.15) is 0 Å². The van der Waals surface area contributed by atoms with Crippen molar-refractivity contribution in [2.45, 2.75) is 37.9 Å². The molecule has 0 aromatic carbocycles. The molecule has 0 spiro atoms. The molecule has 4 unspecified atom stereocenters. The zero-order chi connectivity index (χ0) is 12.9. The van der Waals surface area contributed by atoms with Crippen LogP contribution in [0.5, 0.6) is 0 Å². The average molecular weight is 359 g/mol. The van der Waals surface area contributed by atoms with Crippen LogP contribution in [-0.4, -0.2) is 37.9 Å². The third kappa shape index (κ3) is 2.21. The number of rotatable bonds is 0. The van der Waals surface area contributed by atoms with Gasteiger partial charge in [-0.05, 0) is 0 Å². The molecule has 0 amide bonds. The zero-order valence-electron chi connectivity index (χ0n) is 7.29. The lowest BCUT2D eigenvalue weighted by molar-refractivity contribution is -0.165. The number of hydrogen-bond acceptors (Lipinski definition) is 0. The summed E-state index contributed by atoms with van der Waals surface area (Å²) in [6.07, 6.45) is -4.83. The molecule has 16 heavy (non-hydrogen) atoms. The van der Waals surface area contributed by atoms with Crippen molar-refractivity contribution in [2.75, 3.05) is 0 Å². The maximum Gasteiger partial charge on any atom is 0.410 e. The van der Waals surface area contributed by atoms with Gasteiger partial charge in [-0.15, -0.1) is 69.6 Å². The van der Waals surface area contributed by atoms with Gasteiger partial charge in [0, 0.05) is 0 Å². The minimum absolute atomic E-state index is 0.984. The maximum atomic E-state index is 12.8. The van der Waals surface area contributed by atoms with Crippen LogP contribution >= 0.6 is 69.6 Å². The highest BCUT2D eigenvalue weighted by Gasteiger charge is 2.69. The van der Waals surface area contributed by atoms with Crippen molar-refractivity contribution in [3.8, 4) is 0 Å². The summed E-state index contributed by atoms with van der Waals surface area (Å²) >= 11 is 33.8. The van der Waals surface area contributed by atoms with Gasteiger partial charge in [-0.25, -0.2) is 0 Å². The normalized spacial score (nSPS) is 50.4. The van der Waals surface area contributed by atoms with Gasteiger partial charge in [-0.3, -0.25) is 0 Å². The second-order valence-corrected chi connectivity index (χ2v) is 6.48. The summed E-state index contributed by atoms with van der Waals surface area (Å²) in [5.74, 6) is 0. The van der Waals surface area contributed by atoms with Gasteiger partial charge in [0.2, 0.25) is 0 Å². The average Bonchev–Trinajstić information content (AvgIpc) is 2.19. The first-order valence-corrected chi connectivity index (χ1v) is 6.57. The summed E-state index contributed by atoms with van der Waals surface area (Å²) in [5, 5.41) is -6.74. The monoisotopic (exact) mass is 356 g/mol. The van der Waals surface area contributed by atoms with Crippen LogP contribution in [0, 0.1) is 0 Å². The summed E-state index contributed by atoms with van der Waals surface area (Å²) in [4.78, 5) is -2.89. The van der Waals surface area contributed by atoms with E-state index in [2.05, 4.69) is 0 Å². The van der Waals surface area contributed by atoms with Crippen molar-refractivity contribution in [3.63, 3.8) is 0 Å². The maximum absolute atomic E-state index is 12.8. The van der Waals surface area contributed by atoms with Gasteiger partial charge < -0.3 is 0 Å². The standard InChI is InChI=1S/C7H5Cl6F3/c8-1-2(9)4(11)6(13,7(14,15)16)5(12)3(1)10/h1-5H. The summed E-state index contributed by atoms with van der Waals surface area (Å²) in [6, 6.07) is 0. The number of alkyl halides is 9. The molecule has 4 atom stereocenters. The first-order valence-electron chi connectivity index (χ1n) is 4.01. The van der Waals surface area contributed by atoms with Gasteiger partial charge >= 0.3 is 6.18 Å². The molecule has 0 aromatic heterocycles. The van der Waals surface area contributed by atoms with Crippen LogP contribution in [0.15, 0.2) is 0 Å². The summed E-state index contributed by atoms with van der Waals surface area (Å²) in [7, 11) is 0. The Morgan fingerprint density at radius 2 is 1.06 bits per heavy atom. The van der Waals surface area contributed by atoms with Gasteiger partial charge in [0.1, 0.15) is 0 Å². The highest BCUT2D eigenvalue weighted by atomic mass is 35.5. The molecule has 9 heteroatoms. The Kier molecular flexibility index (Phi) is 4.77. The molecule has 96 valence electrons. The van der Waals surface area contributed by atoms with Crippen molar-refractivity contribution in [1.29, 1.82) is 0 Å². The minimum atomic E-state index is -4.83. The van der Waals surface area contributed by atoms with Gasteiger partial charge in [0.05, 0.1) is 26.9 Å². The van der Waals surface area contributed by atoms with Crippen LogP contribution in [0.25, 0.3) is 0 Å². The molecule has 0 heterocycles. The van der Waals surface area contributed by atoms with Crippen molar-refractivity contribution in [3.05, 3.63) is 0 Å². The highest BCUT2D eigenvalue weighted by molar-refractivity contribution is 6.46. The van der Waals surface area contributed by atoms with Crippen LogP contribution in [0.4, 0.5) is 13.2 Å². The van der Waals surface area contributed by atoms with Crippen molar-refractivity contribution >= 4 is 69.6 Å². The molecular formula is C7H5Cl6F3. The topological polar surface area (TPSA) is 0 Å². The Labute approximate surface area is 120 Å². The van der Waals surface area contributed by atoms with E-state index in [1.54, 1.807) is 0 Å². The fourth-order valence-electron chi connectivity index (χ4n) is 1.43.